The van der Waals surface area contributed by atoms with E-state index in [1.807, 2.05) is 0 Å². The van der Waals surface area contributed by atoms with Gasteiger partial charge in [0.05, 0.1) is 5.56 Å². The van der Waals surface area contributed by atoms with Crippen molar-refractivity contribution in [1.29, 1.82) is 0 Å². The van der Waals surface area contributed by atoms with E-state index in [1.54, 1.807) is 41.4 Å². The largest absolute Gasteiger partial charge is 0.478 e. The summed E-state index contributed by atoms with van der Waals surface area (Å²) in [6, 6.07) is 8.50. The van der Waals surface area contributed by atoms with Crippen LogP contribution in [0.2, 0.25) is 0 Å². The molecule has 96 valence electrons. The maximum absolute atomic E-state index is 12.2. The first-order chi connectivity index (χ1) is 9.15. The number of hydrogen-bond acceptors (Lipinski definition) is 2. The molecule has 0 bridgehead atoms. The summed E-state index contributed by atoms with van der Waals surface area (Å²) in [7, 11) is 0. The van der Waals surface area contributed by atoms with Crippen molar-refractivity contribution in [3.8, 4) is 0 Å². The molecule has 3 rings (SSSR count). The van der Waals surface area contributed by atoms with Crippen molar-refractivity contribution in [2.24, 2.45) is 0 Å². The minimum Gasteiger partial charge on any atom is -0.478 e. The molecule has 0 fully saturated rings. The molecule has 2 N–H and O–H groups in total. The van der Waals surface area contributed by atoms with Crippen molar-refractivity contribution in [2.45, 2.75) is 13.1 Å². The number of carboxylic acids is 1. The molecule has 0 atom stereocenters. The first-order valence-electron chi connectivity index (χ1n) is 5.93. The molecule has 1 aliphatic rings. The molecule has 0 aliphatic carbocycles. The van der Waals surface area contributed by atoms with Gasteiger partial charge in [0.1, 0.15) is 5.69 Å². The predicted molar refractivity (Wildman–Crippen MR) is 67.8 cm³/mol. The average molecular weight is 256 g/mol. The summed E-state index contributed by atoms with van der Waals surface area (Å²) in [5.41, 5.74) is 2.71. The van der Waals surface area contributed by atoms with Crippen LogP contribution in [0.4, 0.5) is 0 Å². The van der Waals surface area contributed by atoms with Gasteiger partial charge in [0, 0.05) is 19.3 Å². The highest BCUT2D eigenvalue weighted by molar-refractivity contribution is 5.93. The zero-order valence-corrected chi connectivity index (χ0v) is 10.1. The molecule has 2 aromatic rings. The highest BCUT2D eigenvalue weighted by Gasteiger charge is 2.25. The van der Waals surface area contributed by atoms with Crippen LogP contribution in [0.1, 0.15) is 32.0 Å². The fourth-order valence-electron chi connectivity index (χ4n) is 2.30. The number of carbonyl (C=O) groups excluding carboxylic acids is 1. The van der Waals surface area contributed by atoms with Crippen LogP contribution in [-0.2, 0) is 13.1 Å². The maximum Gasteiger partial charge on any atom is 0.335 e. The highest BCUT2D eigenvalue weighted by atomic mass is 16.4. The Morgan fingerprint density at radius 1 is 1.16 bits per heavy atom. The van der Waals surface area contributed by atoms with Crippen molar-refractivity contribution >= 4 is 11.9 Å². The van der Waals surface area contributed by atoms with Gasteiger partial charge in [0.15, 0.2) is 0 Å². The zero-order valence-electron chi connectivity index (χ0n) is 10.1. The number of carboxylic acid groups (broad SMARTS) is 1. The third kappa shape index (κ3) is 1.99. The van der Waals surface area contributed by atoms with Gasteiger partial charge in [0.25, 0.3) is 5.91 Å². The number of aromatic amines is 1. The minimum absolute atomic E-state index is 0.0712. The summed E-state index contributed by atoms with van der Waals surface area (Å²) in [4.78, 5) is 27.7. The van der Waals surface area contributed by atoms with Gasteiger partial charge in [-0.1, -0.05) is 6.07 Å². The molecule has 5 nitrogen and oxygen atoms in total. The average Bonchev–Trinajstić information content (AvgIpc) is 3.06. The Bertz CT molecular complexity index is 647. The lowest BCUT2D eigenvalue weighted by molar-refractivity contribution is 0.0696. The molecule has 1 aromatic heterocycles. The number of H-pyrrole nitrogens is 1. The number of carbonyl (C=O) groups is 2. The van der Waals surface area contributed by atoms with Crippen molar-refractivity contribution in [3.05, 3.63) is 58.9 Å². The maximum atomic E-state index is 12.2. The number of rotatable bonds is 2. The van der Waals surface area contributed by atoms with Crippen molar-refractivity contribution < 1.29 is 14.7 Å². The van der Waals surface area contributed by atoms with E-state index in [1.165, 1.54) is 0 Å². The Balaban J connectivity index is 1.84. The van der Waals surface area contributed by atoms with Gasteiger partial charge in [-0.3, -0.25) is 4.79 Å². The lowest BCUT2D eigenvalue weighted by atomic mass is 10.1. The lowest BCUT2D eigenvalue weighted by Gasteiger charge is -2.13. The fourth-order valence-corrected chi connectivity index (χ4v) is 2.30. The van der Waals surface area contributed by atoms with Gasteiger partial charge >= 0.3 is 5.97 Å². The molecule has 0 saturated carbocycles. The molecule has 0 saturated heterocycles. The molecule has 2 heterocycles. The van der Waals surface area contributed by atoms with E-state index in [9.17, 15) is 9.59 Å². The Morgan fingerprint density at radius 3 is 2.63 bits per heavy atom. The number of benzene rings is 1. The van der Waals surface area contributed by atoms with Gasteiger partial charge in [-0.15, -0.1) is 0 Å². The number of fused-ring (bicyclic) bond motifs is 1. The third-order valence-electron chi connectivity index (χ3n) is 3.29. The van der Waals surface area contributed by atoms with Crippen LogP contribution < -0.4 is 0 Å². The summed E-state index contributed by atoms with van der Waals surface area (Å²) < 4.78 is 0. The summed E-state index contributed by atoms with van der Waals surface area (Å²) in [6.07, 6.45) is 1.71. The molecule has 1 aliphatic heterocycles. The lowest BCUT2D eigenvalue weighted by Crippen LogP contribution is -2.25. The minimum atomic E-state index is -0.947. The molecule has 0 unspecified atom stereocenters. The van der Waals surface area contributed by atoms with Gasteiger partial charge in [-0.25, -0.2) is 4.79 Å². The number of aromatic carboxylic acids is 1. The van der Waals surface area contributed by atoms with Gasteiger partial charge < -0.3 is 15.0 Å². The summed E-state index contributed by atoms with van der Waals surface area (Å²) in [6.45, 7) is 0.974. The van der Waals surface area contributed by atoms with Gasteiger partial charge in [0.2, 0.25) is 0 Å². The SMILES string of the molecule is O=C(O)c1ccc2c(c1)CN(C(=O)c1ccc[nH]1)C2. The van der Waals surface area contributed by atoms with E-state index in [4.69, 9.17) is 5.11 Å². The zero-order chi connectivity index (χ0) is 13.4. The second kappa shape index (κ2) is 4.28. The van der Waals surface area contributed by atoms with Gasteiger partial charge in [-0.2, -0.15) is 0 Å². The quantitative estimate of drug-likeness (QED) is 0.861. The van der Waals surface area contributed by atoms with Gasteiger partial charge in [-0.05, 0) is 35.4 Å². The highest BCUT2D eigenvalue weighted by Crippen LogP contribution is 2.25. The smallest absolute Gasteiger partial charge is 0.335 e. The van der Waals surface area contributed by atoms with Crippen LogP contribution in [0.25, 0.3) is 0 Å². The predicted octanol–water partition coefficient (Wildman–Crippen LogP) is 1.87. The van der Waals surface area contributed by atoms with E-state index in [0.29, 0.717) is 18.8 Å². The number of hydrogen-bond donors (Lipinski definition) is 2. The van der Waals surface area contributed by atoms with E-state index in [2.05, 4.69) is 4.98 Å². The van der Waals surface area contributed by atoms with Crippen molar-refractivity contribution in [1.82, 2.24) is 9.88 Å². The number of aromatic nitrogens is 1. The van der Waals surface area contributed by atoms with E-state index >= 15 is 0 Å². The molecule has 0 spiro atoms. The van der Waals surface area contributed by atoms with Crippen LogP contribution in [0.5, 0.6) is 0 Å². The normalized spacial score (nSPS) is 13.4. The summed E-state index contributed by atoms with van der Waals surface area (Å²) in [5.74, 6) is -1.02. The van der Waals surface area contributed by atoms with E-state index < -0.39 is 5.97 Å². The number of amides is 1. The van der Waals surface area contributed by atoms with Crippen LogP contribution in [0.3, 0.4) is 0 Å². The van der Waals surface area contributed by atoms with E-state index in [0.717, 1.165) is 11.1 Å². The summed E-state index contributed by atoms with van der Waals surface area (Å²) in [5, 5.41) is 8.96. The van der Waals surface area contributed by atoms with Crippen LogP contribution in [0.15, 0.2) is 36.5 Å². The number of nitrogens with zero attached hydrogens (tertiary/aromatic N) is 1. The van der Waals surface area contributed by atoms with E-state index in [-0.39, 0.29) is 11.5 Å². The number of nitrogens with one attached hydrogen (secondary N) is 1. The summed E-state index contributed by atoms with van der Waals surface area (Å²) >= 11 is 0. The Hall–Kier alpha value is -2.56. The molecule has 1 amide bonds. The monoisotopic (exact) mass is 256 g/mol. The Labute approximate surface area is 109 Å². The second-order valence-corrected chi connectivity index (χ2v) is 4.53. The van der Waals surface area contributed by atoms with Crippen LogP contribution in [-0.4, -0.2) is 26.9 Å². The molecule has 1 aromatic carbocycles. The third-order valence-corrected chi connectivity index (χ3v) is 3.29. The van der Waals surface area contributed by atoms with Crippen molar-refractivity contribution in [3.63, 3.8) is 0 Å². The molecule has 5 heteroatoms. The standard InChI is InChI=1S/C14H12N2O3/c17-13(12-2-1-5-15-12)16-7-10-4-3-9(14(18)19)6-11(10)8-16/h1-6,15H,7-8H2,(H,18,19). The molecular weight excluding hydrogens is 244 g/mol. The Kier molecular flexibility index (Phi) is 2.59. The fraction of sp³-hybridized carbons (Fsp3) is 0.143. The Morgan fingerprint density at radius 2 is 1.95 bits per heavy atom. The molecular formula is C14H12N2O3. The van der Waals surface area contributed by atoms with Crippen LogP contribution >= 0.6 is 0 Å². The van der Waals surface area contributed by atoms with Crippen LogP contribution in [0, 0.1) is 0 Å². The van der Waals surface area contributed by atoms with Crippen molar-refractivity contribution in [2.75, 3.05) is 0 Å². The second-order valence-electron chi connectivity index (χ2n) is 4.53. The first kappa shape index (κ1) is 11.5. The molecule has 19 heavy (non-hydrogen) atoms. The molecule has 0 radical (unpaired) electrons. The first-order valence-corrected chi connectivity index (χ1v) is 5.93. The topological polar surface area (TPSA) is 73.4 Å².